The maximum Gasteiger partial charge on any atom is 0.123 e. The Bertz CT molecular complexity index is 355. The molecule has 1 heterocycles. The number of halogens is 2. The van der Waals surface area contributed by atoms with Crippen molar-refractivity contribution in [2.24, 2.45) is 0 Å². The number of nitrogens with zero attached hydrogens (tertiary/aromatic N) is 1. The Morgan fingerprint density at radius 2 is 2.00 bits per heavy atom. The van der Waals surface area contributed by atoms with Gasteiger partial charge in [0.05, 0.1) is 0 Å². The van der Waals surface area contributed by atoms with Crippen LogP contribution in [0.15, 0.2) is 24.3 Å². The van der Waals surface area contributed by atoms with E-state index in [1.54, 1.807) is 12.1 Å². The summed E-state index contributed by atoms with van der Waals surface area (Å²) < 4.78 is 12.9. The highest BCUT2D eigenvalue weighted by Gasteiger charge is 2.23. The standard InChI is InChI=1S/C14H21FN2.ClH/c1-11(12-5-7-13(15)8-6-12)17-9-3-4-14(10-17)16-2;/h5-8,11,14,16H,3-4,9-10H2,1-2H3;1H. The lowest BCUT2D eigenvalue weighted by atomic mass is 10.0. The molecule has 1 aliphatic heterocycles. The third kappa shape index (κ3) is 3.67. The van der Waals surface area contributed by atoms with Crippen molar-refractivity contribution in [3.05, 3.63) is 35.6 Å². The molecule has 2 rings (SSSR count). The highest BCUT2D eigenvalue weighted by atomic mass is 35.5. The number of likely N-dealkylation sites (tertiary alicyclic amines) is 1. The van der Waals surface area contributed by atoms with E-state index in [1.807, 2.05) is 19.2 Å². The Morgan fingerprint density at radius 1 is 1.33 bits per heavy atom. The van der Waals surface area contributed by atoms with Gasteiger partial charge in [-0.2, -0.15) is 0 Å². The van der Waals surface area contributed by atoms with E-state index < -0.39 is 0 Å². The van der Waals surface area contributed by atoms with Gasteiger partial charge in [-0.1, -0.05) is 12.1 Å². The van der Waals surface area contributed by atoms with Crippen LogP contribution in [0.1, 0.15) is 31.4 Å². The Balaban J connectivity index is 0.00000162. The van der Waals surface area contributed by atoms with E-state index in [9.17, 15) is 4.39 Å². The third-order valence-electron chi connectivity index (χ3n) is 3.76. The van der Waals surface area contributed by atoms with Gasteiger partial charge in [0.2, 0.25) is 0 Å². The largest absolute Gasteiger partial charge is 0.316 e. The van der Waals surface area contributed by atoms with Crippen LogP contribution in [-0.2, 0) is 0 Å². The zero-order chi connectivity index (χ0) is 12.3. The Labute approximate surface area is 115 Å². The molecule has 102 valence electrons. The summed E-state index contributed by atoms with van der Waals surface area (Å²) in [7, 11) is 2.02. The van der Waals surface area contributed by atoms with Crippen LogP contribution in [0, 0.1) is 5.82 Å². The minimum atomic E-state index is -0.160. The lowest BCUT2D eigenvalue weighted by Gasteiger charge is -2.36. The fourth-order valence-electron chi connectivity index (χ4n) is 2.55. The van der Waals surface area contributed by atoms with Gasteiger partial charge in [-0.05, 0) is 51.1 Å². The molecular weight excluding hydrogens is 251 g/mol. The van der Waals surface area contributed by atoms with E-state index >= 15 is 0 Å². The van der Waals surface area contributed by atoms with Crippen molar-refractivity contribution < 1.29 is 4.39 Å². The van der Waals surface area contributed by atoms with Crippen LogP contribution in [0.25, 0.3) is 0 Å². The first-order valence-electron chi connectivity index (χ1n) is 6.37. The minimum absolute atomic E-state index is 0. The van der Waals surface area contributed by atoms with Crippen molar-refractivity contribution in [1.82, 2.24) is 10.2 Å². The molecule has 18 heavy (non-hydrogen) atoms. The first kappa shape index (κ1) is 15.4. The summed E-state index contributed by atoms with van der Waals surface area (Å²) in [6.07, 6.45) is 2.49. The molecule has 0 bridgehead atoms. The maximum absolute atomic E-state index is 12.9. The second-order valence-corrected chi connectivity index (χ2v) is 4.85. The van der Waals surface area contributed by atoms with E-state index in [1.165, 1.54) is 18.4 Å². The maximum atomic E-state index is 12.9. The van der Waals surface area contributed by atoms with Crippen molar-refractivity contribution in [1.29, 1.82) is 0 Å². The number of rotatable bonds is 3. The topological polar surface area (TPSA) is 15.3 Å². The van der Waals surface area contributed by atoms with Crippen LogP contribution in [0.4, 0.5) is 4.39 Å². The average molecular weight is 273 g/mol. The van der Waals surface area contributed by atoms with Gasteiger partial charge in [-0.15, -0.1) is 12.4 Å². The summed E-state index contributed by atoms with van der Waals surface area (Å²) in [5.41, 5.74) is 1.20. The molecule has 0 radical (unpaired) electrons. The van der Waals surface area contributed by atoms with Gasteiger partial charge in [-0.25, -0.2) is 4.39 Å². The highest BCUT2D eigenvalue weighted by molar-refractivity contribution is 5.85. The van der Waals surface area contributed by atoms with E-state index in [0.29, 0.717) is 12.1 Å². The minimum Gasteiger partial charge on any atom is -0.316 e. The molecule has 2 nitrogen and oxygen atoms in total. The molecule has 0 saturated carbocycles. The summed E-state index contributed by atoms with van der Waals surface area (Å²) in [6, 6.07) is 7.83. The molecule has 0 aliphatic carbocycles. The van der Waals surface area contributed by atoms with Crippen LogP contribution in [0.5, 0.6) is 0 Å². The van der Waals surface area contributed by atoms with Crippen molar-refractivity contribution in [3.8, 4) is 0 Å². The number of likely N-dealkylation sites (N-methyl/N-ethyl adjacent to an activating group) is 1. The van der Waals surface area contributed by atoms with Gasteiger partial charge in [0.1, 0.15) is 5.82 Å². The molecule has 4 heteroatoms. The summed E-state index contributed by atoms with van der Waals surface area (Å²) in [6.45, 7) is 4.41. The number of benzene rings is 1. The molecule has 1 aromatic rings. The molecule has 1 N–H and O–H groups in total. The predicted molar refractivity (Wildman–Crippen MR) is 75.7 cm³/mol. The molecule has 1 aliphatic rings. The molecule has 1 aromatic carbocycles. The highest BCUT2D eigenvalue weighted by Crippen LogP contribution is 2.24. The average Bonchev–Trinajstić information content (AvgIpc) is 2.39. The molecule has 1 fully saturated rings. The zero-order valence-electron chi connectivity index (χ0n) is 11.0. The number of hydrogen-bond acceptors (Lipinski definition) is 2. The summed E-state index contributed by atoms with van der Waals surface area (Å²) >= 11 is 0. The quantitative estimate of drug-likeness (QED) is 0.910. The first-order chi connectivity index (χ1) is 8.20. The molecule has 2 unspecified atom stereocenters. The summed E-state index contributed by atoms with van der Waals surface area (Å²) in [4.78, 5) is 2.47. The van der Waals surface area contributed by atoms with Gasteiger partial charge in [-0.3, -0.25) is 4.90 Å². The molecule has 0 amide bonds. The fourth-order valence-corrected chi connectivity index (χ4v) is 2.55. The van der Waals surface area contributed by atoms with Crippen LogP contribution >= 0.6 is 12.4 Å². The van der Waals surface area contributed by atoms with Gasteiger partial charge in [0, 0.05) is 18.6 Å². The lowest BCUT2D eigenvalue weighted by Crippen LogP contribution is -2.45. The van der Waals surface area contributed by atoms with Crippen LogP contribution in [-0.4, -0.2) is 31.1 Å². The second-order valence-electron chi connectivity index (χ2n) is 4.85. The van der Waals surface area contributed by atoms with E-state index in [2.05, 4.69) is 17.1 Å². The lowest BCUT2D eigenvalue weighted by molar-refractivity contribution is 0.149. The summed E-state index contributed by atoms with van der Waals surface area (Å²) in [5, 5.41) is 3.35. The Hall–Kier alpha value is -0.640. The second kappa shape index (κ2) is 7.07. The van der Waals surface area contributed by atoms with Gasteiger partial charge < -0.3 is 5.32 Å². The van der Waals surface area contributed by atoms with Crippen LogP contribution in [0.2, 0.25) is 0 Å². The molecule has 0 aromatic heterocycles. The van der Waals surface area contributed by atoms with Gasteiger partial charge in [0.15, 0.2) is 0 Å². The van der Waals surface area contributed by atoms with Gasteiger partial charge in [0.25, 0.3) is 0 Å². The van der Waals surface area contributed by atoms with Crippen LogP contribution in [0.3, 0.4) is 0 Å². The molecular formula is C14H22ClFN2. The van der Waals surface area contributed by atoms with Crippen LogP contribution < -0.4 is 5.32 Å². The number of nitrogens with one attached hydrogen (secondary N) is 1. The fraction of sp³-hybridized carbons (Fsp3) is 0.571. The number of piperidine rings is 1. The monoisotopic (exact) mass is 272 g/mol. The Kier molecular flexibility index (Phi) is 6.06. The van der Waals surface area contributed by atoms with E-state index in [0.717, 1.165) is 13.1 Å². The third-order valence-corrected chi connectivity index (χ3v) is 3.76. The Morgan fingerprint density at radius 3 is 2.61 bits per heavy atom. The molecule has 0 spiro atoms. The summed E-state index contributed by atoms with van der Waals surface area (Å²) in [5.74, 6) is -0.160. The van der Waals surface area contributed by atoms with Crippen molar-refractivity contribution in [2.75, 3.05) is 20.1 Å². The van der Waals surface area contributed by atoms with Crippen molar-refractivity contribution in [2.45, 2.75) is 31.8 Å². The zero-order valence-corrected chi connectivity index (χ0v) is 11.8. The predicted octanol–water partition coefficient (Wildman–Crippen LogP) is 2.99. The first-order valence-corrected chi connectivity index (χ1v) is 6.37. The van der Waals surface area contributed by atoms with E-state index in [4.69, 9.17) is 0 Å². The number of hydrogen-bond donors (Lipinski definition) is 1. The van der Waals surface area contributed by atoms with Crippen molar-refractivity contribution >= 4 is 12.4 Å². The molecule has 2 atom stereocenters. The van der Waals surface area contributed by atoms with E-state index in [-0.39, 0.29) is 18.2 Å². The molecule has 1 saturated heterocycles. The normalized spacial score (nSPS) is 22.3. The SMILES string of the molecule is CNC1CCCN(C(C)c2ccc(F)cc2)C1.Cl. The van der Waals surface area contributed by atoms with Gasteiger partial charge >= 0.3 is 0 Å². The van der Waals surface area contributed by atoms with Crippen molar-refractivity contribution in [3.63, 3.8) is 0 Å². The smallest absolute Gasteiger partial charge is 0.123 e.